The average molecular weight is 396 g/mol. The van der Waals surface area contributed by atoms with Gasteiger partial charge >= 0.3 is 0 Å². The van der Waals surface area contributed by atoms with Crippen molar-refractivity contribution in [1.82, 2.24) is 8.75 Å². The summed E-state index contributed by atoms with van der Waals surface area (Å²) in [4.78, 5) is 3.45. The van der Waals surface area contributed by atoms with Crippen molar-refractivity contribution >= 4 is 28.8 Å². The van der Waals surface area contributed by atoms with Crippen LogP contribution >= 0.6 is 11.7 Å². The summed E-state index contributed by atoms with van der Waals surface area (Å²) in [5.74, 6) is 0. The van der Waals surface area contributed by atoms with Gasteiger partial charge in [0.05, 0.1) is 18.3 Å². The molecule has 29 heavy (non-hydrogen) atoms. The maximum absolute atomic E-state index is 7.08. The third kappa shape index (κ3) is 3.57. The van der Waals surface area contributed by atoms with Gasteiger partial charge in [-0.3, -0.25) is 0 Å². The number of hydrogen-bond donors (Lipinski definition) is 0. The molecule has 4 rings (SSSR count). The van der Waals surface area contributed by atoms with Crippen LogP contribution in [-0.2, 0) is 0 Å². The number of hydrogen-bond acceptors (Lipinski definition) is 3. The molecular weight excluding hydrogens is 374 g/mol. The fraction of sp³-hybridized carbons (Fsp3) is 0.160. The van der Waals surface area contributed by atoms with Gasteiger partial charge in [0, 0.05) is 11.1 Å². The van der Waals surface area contributed by atoms with E-state index < -0.39 is 0 Å². The van der Waals surface area contributed by atoms with Crippen LogP contribution in [0.2, 0.25) is 0 Å². The van der Waals surface area contributed by atoms with Crippen LogP contribution in [0.3, 0.4) is 0 Å². The van der Waals surface area contributed by atoms with Crippen molar-refractivity contribution < 1.29 is 0 Å². The zero-order chi connectivity index (χ0) is 20.5. The van der Waals surface area contributed by atoms with Gasteiger partial charge in [-0.2, -0.15) is 8.75 Å². The molecule has 0 atom stereocenters. The molecule has 0 spiro atoms. The molecule has 0 amide bonds. The third-order valence-corrected chi connectivity index (χ3v) is 5.96. The van der Waals surface area contributed by atoms with Gasteiger partial charge in [-0.05, 0) is 61.1 Å². The van der Waals surface area contributed by atoms with Gasteiger partial charge < -0.3 is 0 Å². The zero-order valence-electron chi connectivity index (χ0n) is 16.9. The van der Waals surface area contributed by atoms with E-state index in [0.29, 0.717) is 5.70 Å². The number of nitrogens with zero attached hydrogens (tertiary/aromatic N) is 3. The lowest BCUT2D eigenvalue weighted by Gasteiger charge is -2.11. The maximum atomic E-state index is 7.08. The number of allylic oxidation sites excluding steroid dienone is 1. The highest BCUT2D eigenvalue weighted by Crippen LogP contribution is 2.35. The Bertz CT molecular complexity index is 1270. The van der Waals surface area contributed by atoms with Crippen molar-refractivity contribution in [3.05, 3.63) is 87.9 Å². The van der Waals surface area contributed by atoms with E-state index in [9.17, 15) is 0 Å². The second kappa shape index (κ2) is 7.62. The van der Waals surface area contributed by atoms with E-state index in [-0.39, 0.29) is 0 Å². The topological polar surface area (TPSA) is 30.1 Å². The summed E-state index contributed by atoms with van der Waals surface area (Å²) >= 11 is 1.25. The molecule has 0 saturated carbocycles. The monoisotopic (exact) mass is 395 g/mol. The molecule has 0 bridgehead atoms. The Morgan fingerprint density at radius 3 is 1.97 bits per heavy atom. The molecule has 1 heterocycles. The third-order valence-electron chi connectivity index (χ3n) is 5.43. The van der Waals surface area contributed by atoms with Gasteiger partial charge in [0.15, 0.2) is 5.70 Å². The van der Waals surface area contributed by atoms with Crippen molar-refractivity contribution in [2.45, 2.75) is 27.7 Å². The molecule has 4 heteroatoms. The minimum Gasteiger partial charge on any atom is -0.243 e. The molecule has 0 radical (unpaired) electrons. The Kier molecular flexibility index (Phi) is 5.00. The number of rotatable bonds is 3. The van der Waals surface area contributed by atoms with Crippen molar-refractivity contribution in [2.75, 3.05) is 0 Å². The second-order valence-corrected chi connectivity index (χ2v) is 7.91. The second-order valence-electron chi connectivity index (χ2n) is 7.38. The number of fused-ring (bicyclic) bond motifs is 1. The molecule has 4 aromatic rings. The summed E-state index contributed by atoms with van der Waals surface area (Å²) < 4.78 is 9.23. The summed E-state index contributed by atoms with van der Waals surface area (Å²) in [6, 6.07) is 17.0. The van der Waals surface area contributed by atoms with Gasteiger partial charge in [0.1, 0.15) is 11.0 Å². The molecule has 3 aromatic carbocycles. The molecule has 0 aliphatic rings. The molecule has 0 unspecified atom stereocenters. The minimum absolute atomic E-state index is 0.678. The van der Waals surface area contributed by atoms with E-state index >= 15 is 0 Å². The summed E-state index contributed by atoms with van der Waals surface area (Å²) in [5, 5.41) is 0. The Hall–Kier alpha value is -3.29. The summed E-state index contributed by atoms with van der Waals surface area (Å²) in [6.45, 7) is 15.4. The predicted octanol–water partition coefficient (Wildman–Crippen LogP) is 7.23. The van der Waals surface area contributed by atoms with E-state index in [0.717, 1.165) is 33.3 Å². The number of benzene rings is 3. The van der Waals surface area contributed by atoms with Crippen molar-refractivity contribution in [1.29, 1.82) is 0 Å². The first-order valence-corrected chi connectivity index (χ1v) is 10.2. The lowest BCUT2D eigenvalue weighted by molar-refractivity contribution is 1.27. The van der Waals surface area contributed by atoms with Crippen LogP contribution in [0.1, 0.15) is 29.2 Å². The molecule has 0 N–H and O–H groups in total. The highest BCUT2D eigenvalue weighted by molar-refractivity contribution is 7.00. The molecule has 1 aromatic heterocycles. The molecule has 3 nitrogen and oxygen atoms in total. The Morgan fingerprint density at radius 2 is 1.41 bits per heavy atom. The molecule has 0 saturated heterocycles. The van der Waals surface area contributed by atoms with Crippen molar-refractivity contribution in [3.8, 4) is 22.3 Å². The Balaban J connectivity index is 1.81. The van der Waals surface area contributed by atoms with Crippen LogP contribution in [-0.4, -0.2) is 8.75 Å². The van der Waals surface area contributed by atoms with Crippen LogP contribution in [0.15, 0.2) is 54.2 Å². The van der Waals surface area contributed by atoms with E-state index in [1.165, 1.54) is 34.0 Å². The van der Waals surface area contributed by atoms with Crippen LogP contribution in [0.4, 0.5) is 0 Å². The standard InChI is InChI=1S/C25H21N3S/c1-15-12-21(13-16(2)18(15)4)23-11-10-22(24-25(23)28-29-27-24)20-8-6-19(7-9-20)14-17(3)26-5/h6-14H,1-4H3/b17-14-. The lowest BCUT2D eigenvalue weighted by Crippen LogP contribution is -1.90. The van der Waals surface area contributed by atoms with Crippen LogP contribution in [0.5, 0.6) is 0 Å². The quantitative estimate of drug-likeness (QED) is 0.342. The van der Waals surface area contributed by atoms with E-state index in [1.807, 2.05) is 25.1 Å². The fourth-order valence-electron chi connectivity index (χ4n) is 3.56. The van der Waals surface area contributed by atoms with Gasteiger partial charge in [-0.25, -0.2) is 4.85 Å². The van der Waals surface area contributed by atoms with Crippen LogP contribution < -0.4 is 0 Å². The SMILES string of the molecule is [C-]#[N+]/C(C)=C\c1ccc(-c2ccc(-c3cc(C)c(C)c(C)c3)c3nsnc23)cc1. The summed E-state index contributed by atoms with van der Waals surface area (Å²) in [5.41, 5.74) is 12.0. The smallest absolute Gasteiger partial charge is 0.163 e. The van der Waals surface area contributed by atoms with Crippen molar-refractivity contribution in [2.24, 2.45) is 0 Å². The lowest BCUT2D eigenvalue weighted by atomic mass is 9.93. The summed E-state index contributed by atoms with van der Waals surface area (Å²) in [7, 11) is 0. The maximum Gasteiger partial charge on any atom is 0.163 e. The first-order chi connectivity index (χ1) is 14.0. The number of aryl methyl sites for hydroxylation is 2. The van der Waals surface area contributed by atoms with Crippen LogP contribution in [0, 0.1) is 27.3 Å². The molecular formula is C25H21N3S. The van der Waals surface area contributed by atoms with E-state index in [1.54, 1.807) is 0 Å². The fourth-order valence-corrected chi connectivity index (χ4v) is 4.13. The van der Waals surface area contributed by atoms with E-state index in [2.05, 4.69) is 70.8 Å². The van der Waals surface area contributed by atoms with Gasteiger partial charge in [-0.1, -0.05) is 54.6 Å². The van der Waals surface area contributed by atoms with Gasteiger partial charge in [0.2, 0.25) is 0 Å². The zero-order valence-corrected chi connectivity index (χ0v) is 17.8. The predicted molar refractivity (Wildman–Crippen MR) is 123 cm³/mol. The van der Waals surface area contributed by atoms with Gasteiger partial charge in [0.25, 0.3) is 0 Å². The molecule has 0 aliphatic heterocycles. The number of aromatic nitrogens is 2. The van der Waals surface area contributed by atoms with E-state index in [4.69, 9.17) is 6.57 Å². The Morgan fingerprint density at radius 1 is 0.862 bits per heavy atom. The molecule has 142 valence electrons. The first-order valence-electron chi connectivity index (χ1n) is 9.47. The summed E-state index contributed by atoms with van der Waals surface area (Å²) in [6.07, 6.45) is 1.89. The average Bonchev–Trinajstić information content (AvgIpc) is 3.21. The highest BCUT2D eigenvalue weighted by Gasteiger charge is 2.14. The van der Waals surface area contributed by atoms with Crippen molar-refractivity contribution in [3.63, 3.8) is 0 Å². The Labute approximate surface area is 175 Å². The van der Waals surface area contributed by atoms with Crippen LogP contribution in [0.25, 0.3) is 44.2 Å². The first kappa shape index (κ1) is 19.0. The molecule has 0 fully saturated rings. The normalized spacial score (nSPS) is 11.6. The minimum atomic E-state index is 0.678. The highest BCUT2D eigenvalue weighted by atomic mass is 32.1. The van der Waals surface area contributed by atoms with Gasteiger partial charge in [-0.15, -0.1) is 0 Å². The largest absolute Gasteiger partial charge is 0.243 e. The molecule has 0 aliphatic carbocycles.